The van der Waals surface area contributed by atoms with Gasteiger partial charge in [-0.2, -0.15) is 0 Å². The summed E-state index contributed by atoms with van der Waals surface area (Å²) < 4.78 is 5.59. The summed E-state index contributed by atoms with van der Waals surface area (Å²) in [7, 11) is 3.73. The highest BCUT2D eigenvalue weighted by Gasteiger charge is 2.20. The summed E-state index contributed by atoms with van der Waals surface area (Å²) in [6, 6.07) is 16.8. The fraction of sp³-hybridized carbons (Fsp3) is 0.263. The van der Waals surface area contributed by atoms with Gasteiger partial charge in [0.05, 0.1) is 7.11 Å². The zero-order valence-electron chi connectivity index (χ0n) is 13.1. The summed E-state index contributed by atoms with van der Waals surface area (Å²) in [5, 5.41) is 4.55. The molecule has 1 atom stereocenters. The lowest BCUT2D eigenvalue weighted by molar-refractivity contribution is 0.406. The van der Waals surface area contributed by atoms with E-state index in [-0.39, 0.29) is 0 Å². The third-order valence-corrected chi connectivity index (χ3v) is 4.19. The maximum atomic E-state index is 5.59. The van der Waals surface area contributed by atoms with Crippen LogP contribution in [0.15, 0.2) is 54.7 Å². The minimum absolute atomic E-state index is 0.305. The molecule has 0 aliphatic heterocycles. The van der Waals surface area contributed by atoms with E-state index < -0.39 is 0 Å². The van der Waals surface area contributed by atoms with Crippen molar-refractivity contribution in [2.24, 2.45) is 0 Å². The van der Waals surface area contributed by atoms with E-state index >= 15 is 0 Å². The van der Waals surface area contributed by atoms with Crippen LogP contribution in [0.1, 0.15) is 23.5 Å². The van der Waals surface area contributed by atoms with Crippen LogP contribution in [-0.2, 0) is 0 Å². The maximum absolute atomic E-state index is 5.59. The van der Waals surface area contributed by atoms with Crippen LogP contribution in [0.25, 0.3) is 10.9 Å². The molecular weight excluding hydrogens is 272 g/mol. The first-order valence-corrected chi connectivity index (χ1v) is 7.68. The number of nitrogens with one attached hydrogen (secondary N) is 2. The predicted octanol–water partition coefficient (Wildman–Crippen LogP) is 3.92. The van der Waals surface area contributed by atoms with Crippen LogP contribution in [0.2, 0.25) is 0 Å². The van der Waals surface area contributed by atoms with Crippen molar-refractivity contribution in [1.82, 2.24) is 10.3 Å². The van der Waals surface area contributed by atoms with Crippen LogP contribution in [0.5, 0.6) is 5.75 Å². The Labute approximate surface area is 131 Å². The number of hydrogen-bond acceptors (Lipinski definition) is 2. The van der Waals surface area contributed by atoms with E-state index in [1.165, 1.54) is 22.0 Å². The van der Waals surface area contributed by atoms with Gasteiger partial charge in [0, 0.05) is 28.6 Å². The number of benzene rings is 2. The van der Waals surface area contributed by atoms with Crippen molar-refractivity contribution in [3.8, 4) is 5.75 Å². The first kappa shape index (κ1) is 14.7. The summed E-state index contributed by atoms with van der Waals surface area (Å²) in [4.78, 5) is 3.39. The molecule has 2 N–H and O–H groups in total. The molecule has 1 heterocycles. The lowest BCUT2D eigenvalue weighted by Crippen LogP contribution is -2.13. The smallest absolute Gasteiger partial charge is 0.122 e. The number of aromatic nitrogens is 1. The van der Waals surface area contributed by atoms with Crippen molar-refractivity contribution in [2.45, 2.75) is 12.3 Å². The molecule has 0 fully saturated rings. The van der Waals surface area contributed by atoms with Crippen molar-refractivity contribution in [1.29, 1.82) is 0 Å². The van der Waals surface area contributed by atoms with E-state index in [9.17, 15) is 0 Å². The molecule has 22 heavy (non-hydrogen) atoms. The number of aromatic amines is 1. The second-order valence-electron chi connectivity index (χ2n) is 5.48. The average molecular weight is 294 g/mol. The third kappa shape index (κ3) is 2.72. The summed E-state index contributed by atoms with van der Waals surface area (Å²) in [5.74, 6) is 1.26. The molecule has 0 aliphatic carbocycles. The molecule has 3 heteroatoms. The van der Waals surface area contributed by atoms with Crippen LogP contribution >= 0.6 is 0 Å². The molecular formula is C19H22N2O. The number of fused-ring (bicyclic) bond motifs is 1. The normalized spacial score (nSPS) is 12.5. The summed E-state index contributed by atoms with van der Waals surface area (Å²) >= 11 is 0. The Bertz CT molecular complexity index is 748. The van der Waals surface area contributed by atoms with Gasteiger partial charge < -0.3 is 15.0 Å². The average Bonchev–Trinajstić information content (AvgIpc) is 3.00. The predicted molar refractivity (Wildman–Crippen MR) is 91.7 cm³/mol. The molecule has 3 aromatic rings. The van der Waals surface area contributed by atoms with Crippen molar-refractivity contribution in [3.63, 3.8) is 0 Å². The fourth-order valence-corrected chi connectivity index (χ4v) is 3.10. The van der Waals surface area contributed by atoms with Crippen molar-refractivity contribution in [2.75, 3.05) is 20.7 Å². The number of ether oxygens (including phenoxy) is 1. The fourth-order valence-electron chi connectivity index (χ4n) is 3.10. The highest BCUT2D eigenvalue weighted by Crippen LogP contribution is 2.37. The zero-order valence-corrected chi connectivity index (χ0v) is 13.1. The SMILES string of the molecule is CNCCC(c1ccccc1OC)c1c[nH]c2ccccc12. The highest BCUT2D eigenvalue weighted by molar-refractivity contribution is 5.84. The topological polar surface area (TPSA) is 37.0 Å². The molecule has 1 aromatic heterocycles. The molecule has 1 unspecified atom stereocenters. The Kier molecular flexibility index (Phi) is 4.45. The first-order chi connectivity index (χ1) is 10.8. The Balaban J connectivity index is 2.10. The lowest BCUT2D eigenvalue weighted by atomic mass is 9.87. The molecule has 0 saturated heterocycles. The first-order valence-electron chi connectivity index (χ1n) is 7.68. The van der Waals surface area contributed by atoms with Gasteiger partial charge in [0.2, 0.25) is 0 Å². The van der Waals surface area contributed by atoms with Crippen LogP contribution in [0.4, 0.5) is 0 Å². The monoisotopic (exact) mass is 294 g/mol. The number of hydrogen-bond donors (Lipinski definition) is 2. The number of H-pyrrole nitrogens is 1. The van der Waals surface area contributed by atoms with Crippen LogP contribution < -0.4 is 10.1 Å². The molecule has 0 radical (unpaired) electrons. The molecule has 2 aromatic carbocycles. The quantitative estimate of drug-likeness (QED) is 0.723. The van der Waals surface area contributed by atoms with Gasteiger partial charge in [-0.05, 0) is 37.7 Å². The van der Waals surface area contributed by atoms with Gasteiger partial charge >= 0.3 is 0 Å². The molecule has 3 nitrogen and oxygen atoms in total. The van der Waals surface area contributed by atoms with Gasteiger partial charge in [0.25, 0.3) is 0 Å². The second kappa shape index (κ2) is 6.67. The van der Waals surface area contributed by atoms with Crippen molar-refractivity contribution >= 4 is 10.9 Å². The van der Waals surface area contributed by atoms with Gasteiger partial charge in [-0.25, -0.2) is 0 Å². The van der Waals surface area contributed by atoms with Crippen LogP contribution in [-0.4, -0.2) is 25.7 Å². The molecule has 114 valence electrons. The summed E-state index contributed by atoms with van der Waals surface area (Å²) in [5.41, 5.74) is 3.75. The van der Waals surface area contributed by atoms with Crippen LogP contribution in [0.3, 0.4) is 0 Å². The molecule has 0 aliphatic rings. The van der Waals surface area contributed by atoms with E-state index in [0.717, 1.165) is 18.7 Å². The Morgan fingerprint density at radius 1 is 1.05 bits per heavy atom. The second-order valence-corrected chi connectivity index (χ2v) is 5.48. The standard InChI is InChI=1S/C19H22N2O/c1-20-12-11-14(16-8-4-6-10-19(16)22-2)17-13-21-18-9-5-3-7-15(17)18/h3-10,13-14,20-21H,11-12H2,1-2H3. The van der Waals surface area contributed by atoms with Crippen molar-refractivity contribution in [3.05, 3.63) is 65.9 Å². The Hall–Kier alpha value is -2.26. The summed E-state index contributed by atoms with van der Waals surface area (Å²) in [6.07, 6.45) is 3.16. The van der Waals surface area contributed by atoms with Gasteiger partial charge in [-0.1, -0.05) is 36.4 Å². The van der Waals surface area contributed by atoms with Gasteiger partial charge in [-0.3, -0.25) is 0 Å². The molecule has 0 bridgehead atoms. The lowest BCUT2D eigenvalue weighted by Gasteiger charge is -2.20. The van der Waals surface area contributed by atoms with Crippen molar-refractivity contribution < 1.29 is 4.74 Å². The Morgan fingerprint density at radius 3 is 2.64 bits per heavy atom. The third-order valence-electron chi connectivity index (χ3n) is 4.19. The minimum Gasteiger partial charge on any atom is -0.496 e. The summed E-state index contributed by atoms with van der Waals surface area (Å²) in [6.45, 7) is 0.961. The number of para-hydroxylation sites is 2. The minimum atomic E-state index is 0.305. The number of rotatable bonds is 6. The van der Waals surface area contributed by atoms with E-state index in [1.807, 2.05) is 19.2 Å². The molecule has 0 saturated carbocycles. The molecule has 3 rings (SSSR count). The van der Waals surface area contributed by atoms with E-state index in [1.54, 1.807) is 7.11 Å². The van der Waals surface area contributed by atoms with Gasteiger partial charge in [0.1, 0.15) is 5.75 Å². The van der Waals surface area contributed by atoms with E-state index in [4.69, 9.17) is 4.74 Å². The number of methoxy groups -OCH3 is 1. The van der Waals surface area contributed by atoms with Gasteiger partial charge in [-0.15, -0.1) is 0 Å². The largest absolute Gasteiger partial charge is 0.496 e. The van der Waals surface area contributed by atoms with Crippen LogP contribution in [0, 0.1) is 0 Å². The molecule has 0 spiro atoms. The van der Waals surface area contributed by atoms with E-state index in [0.29, 0.717) is 5.92 Å². The Morgan fingerprint density at radius 2 is 1.82 bits per heavy atom. The van der Waals surface area contributed by atoms with Gasteiger partial charge in [0.15, 0.2) is 0 Å². The maximum Gasteiger partial charge on any atom is 0.122 e. The molecule has 0 amide bonds. The highest BCUT2D eigenvalue weighted by atomic mass is 16.5. The van der Waals surface area contributed by atoms with E-state index in [2.05, 4.69) is 52.9 Å². The zero-order chi connectivity index (χ0) is 15.4.